The largest absolute Gasteiger partial charge is 0.444 e. The molecule has 0 spiro atoms. The molecule has 234 valence electrons. The molecule has 1 aliphatic heterocycles. The van der Waals surface area contributed by atoms with Gasteiger partial charge in [0.05, 0.1) is 12.2 Å². The molecule has 0 bridgehead atoms. The van der Waals surface area contributed by atoms with E-state index in [2.05, 4.69) is 22.1 Å². The van der Waals surface area contributed by atoms with Gasteiger partial charge in [-0.25, -0.2) is 14.8 Å². The molecule has 6 rings (SSSR count). The molecule has 1 saturated heterocycles. The Labute approximate surface area is 268 Å². The lowest BCUT2D eigenvalue weighted by atomic mass is 10.1. The fourth-order valence-electron chi connectivity index (χ4n) is 5.36. The molecule has 46 heavy (non-hydrogen) atoms. The average Bonchev–Trinajstić information content (AvgIpc) is 3.49. The van der Waals surface area contributed by atoms with Crippen LogP contribution < -0.4 is 0 Å². The summed E-state index contributed by atoms with van der Waals surface area (Å²) in [6.07, 6.45) is 7.52. The van der Waals surface area contributed by atoms with Crippen LogP contribution in [0.1, 0.15) is 48.1 Å². The maximum absolute atomic E-state index is 13.2. The number of pyridine rings is 1. The molecule has 5 aromatic rings. The van der Waals surface area contributed by atoms with Gasteiger partial charge in [0.25, 0.3) is 5.91 Å². The Kier molecular flexibility index (Phi) is 8.87. The van der Waals surface area contributed by atoms with E-state index in [1.54, 1.807) is 22.2 Å². The van der Waals surface area contributed by atoms with Gasteiger partial charge in [-0.2, -0.15) is 5.10 Å². The Morgan fingerprint density at radius 1 is 0.826 bits per heavy atom. The summed E-state index contributed by atoms with van der Waals surface area (Å²) in [6.45, 7) is 7.99. The van der Waals surface area contributed by atoms with Crippen LogP contribution in [0, 0.1) is 0 Å². The summed E-state index contributed by atoms with van der Waals surface area (Å²) in [4.78, 5) is 42.8. The minimum atomic E-state index is -0.549. The average molecular weight is 616 g/mol. The van der Waals surface area contributed by atoms with Gasteiger partial charge in [0.1, 0.15) is 17.1 Å². The maximum atomic E-state index is 13.2. The smallest absolute Gasteiger partial charge is 0.410 e. The Hall–Kier alpha value is -5.38. The van der Waals surface area contributed by atoms with Crippen LogP contribution in [0.25, 0.3) is 22.5 Å². The molecule has 0 radical (unpaired) electrons. The quantitative estimate of drug-likeness (QED) is 0.230. The number of carbonyl (C=O) groups is 2. The molecule has 0 aliphatic carbocycles. The van der Waals surface area contributed by atoms with Gasteiger partial charge in [0.2, 0.25) is 0 Å². The molecule has 10 nitrogen and oxygen atoms in total. The van der Waals surface area contributed by atoms with E-state index in [0.29, 0.717) is 50.5 Å². The Morgan fingerprint density at radius 3 is 2.26 bits per heavy atom. The highest BCUT2D eigenvalue weighted by Gasteiger charge is 2.28. The topological polar surface area (TPSA) is 106 Å². The number of rotatable bonds is 7. The van der Waals surface area contributed by atoms with E-state index < -0.39 is 5.60 Å². The molecule has 1 aliphatic rings. The second-order valence-corrected chi connectivity index (χ2v) is 12.3. The summed E-state index contributed by atoms with van der Waals surface area (Å²) in [5.74, 6) is 0.617. The summed E-state index contributed by atoms with van der Waals surface area (Å²) in [6, 6.07) is 23.6. The fourth-order valence-corrected chi connectivity index (χ4v) is 5.36. The zero-order valence-corrected chi connectivity index (χ0v) is 26.3. The molecular weight excluding hydrogens is 578 g/mol. The minimum absolute atomic E-state index is 0.0518. The van der Waals surface area contributed by atoms with Crippen LogP contribution in [0.3, 0.4) is 0 Å². The van der Waals surface area contributed by atoms with Crippen molar-refractivity contribution in [1.82, 2.24) is 34.5 Å². The van der Waals surface area contributed by atoms with Gasteiger partial charge < -0.3 is 14.5 Å². The van der Waals surface area contributed by atoms with Crippen LogP contribution in [0.4, 0.5) is 4.79 Å². The normalized spacial score (nSPS) is 13.5. The zero-order chi connectivity index (χ0) is 32.1. The first-order valence-corrected chi connectivity index (χ1v) is 15.4. The van der Waals surface area contributed by atoms with Crippen molar-refractivity contribution in [3.8, 4) is 22.5 Å². The molecular formula is C36H37N7O3. The van der Waals surface area contributed by atoms with Crippen molar-refractivity contribution >= 4 is 12.0 Å². The van der Waals surface area contributed by atoms with Crippen LogP contribution in [0.5, 0.6) is 0 Å². The number of ether oxygens (including phenoxy) is 1. The van der Waals surface area contributed by atoms with E-state index in [1.165, 1.54) is 0 Å². The Morgan fingerprint density at radius 2 is 1.57 bits per heavy atom. The lowest BCUT2D eigenvalue weighted by molar-refractivity contribution is 0.0141. The van der Waals surface area contributed by atoms with Gasteiger partial charge in [-0.3, -0.25) is 14.5 Å². The standard InChI is InChI=1S/C36H37N7O3/c1-36(2,3)46-35(45)42-20-18-41(19-21-42)34(44)28-13-11-26(12-14-28)22-32-38-17-15-31(39-32)30-25-43(24-27-8-5-4-6-9-27)40-33(30)29-10-7-16-37-23-29/h4-17,23,25H,18-22,24H2,1-3H3. The van der Waals surface area contributed by atoms with Crippen LogP contribution in [0.2, 0.25) is 0 Å². The minimum Gasteiger partial charge on any atom is -0.444 e. The number of hydrogen-bond donors (Lipinski definition) is 0. The lowest BCUT2D eigenvalue weighted by Crippen LogP contribution is -2.51. The van der Waals surface area contributed by atoms with Gasteiger partial charge >= 0.3 is 6.09 Å². The Bertz CT molecular complexity index is 1790. The highest BCUT2D eigenvalue weighted by atomic mass is 16.6. The molecule has 2 amide bonds. The van der Waals surface area contributed by atoms with Crippen LogP contribution in [0.15, 0.2) is 97.6 Å². The van der Waals surface area contributed by atoms with Crippen molar-refractivity contribution in [2.24, 2.45) is 0 Å². The third kappa shape index (κ3) is 7.46. The number of carbonyl (C=O) groups excluding carboxylic acids is 2. The van der Waals surface area contributed by atoms with Crippen molar-refractivity contribution in [2.45, 2.75) is 39.3 Å². The molecule has 10 heteroatoms. The highest BCUT2D eigenvalue weighted by Crippen LogP contribution is 2.30. The van der Waals surface area contributed by atoms with Crippen molar-refractivity contribution in [1.29, 1.82) is 0 Å². The van der Waals surface area contributed by atoms with E-state index >= 15 is 0 Å². The van der Waals surface area contributed by atoms with Gasteiger partial charge in [-0.1, -0.05) is 42.5 Å². The number of hydrogen-bond acceptors (Lipinski definition) is 7. The highest BCUT2D eigenvalue weighted by molar-refractivity contribution is 5.94. The third-order valence-corrected chi connectivity index (χ3v) is 7.65. The lowest BCUT2D eigenvalue weighted by Gasteiger charge is -2.35. The summed E-state index contributed by atoms with van der Waals surface area (Å²) >= 11 is 0. The van der Waals surface area contributed by atoms with Gasteiger partial charge in [-0.05, 0) is 62.2 Å². The second kappa shape index (κ2) is 13.3. The predicted octanol–water partition coefficient (Wildman–Crippen LogP) is 5.73. The monoisotopic (exact) mass is 615 g/mol. The number of aromatic nitrogens is 5. The number of nitrogens with zero attached hydrogens (tertiary/aromatic N) is 7. The van der Waals surface area contributed by atoms with E-state index in [9.17, 15) is 9.59 Å². The van der Waals surface area contributed by atoms with Crippen LogP contribution in [-0.2, 0) is 17.7 Å². The van der Waals surface area contributed by atoms with Crippen LogP contribution in [-0.4, -0.2) is 78.3 Å². The summed E-state index contributed by atoms with van der Waals surface area (Å²) < 4.78 is 7.40. The van der Waals surface area contributed by atoms with E-state index in [4.69, 9.17) is 14.8 Å². The zero-order valence-electron chi connectivity index (χ0n) is 26.3. The molecule has 1 fully saturated rings. The number of piperazine rings is 1. The third-order valence-electron chi connectivity index (χ3n) is 7.65. The maximum Gasteiger partial charge on any atom is 0.410 e. The summed E-state index contributed by atoms with van der Waals surface area (Å²) in [5, 5.41) is 4.91. The predicted molar refractivity (Wildman–Crippen MR) is 175 cm³/mol. The molecule has 0 unspecified atom stereocenters. The number of amides is 2. The van der Waals surface area contributed by atoms with Gasteiger partial charge in [0.15, 0.2) is 0 Å². The van der Waals surface area contributed by atoms with E-state index in [-0.39, 0.29) is 12.0 Å². The van der Waals surface area contributed by atoms with Gasteiger partial charge in [0, 0.05) is 74.1 Å². The molecule has 0 atom stereocenters. The molecule has 0 saturated carbocycles. The van der Waals surface area contributed by atoms with Crippen molar-refractivity contribution in [2.75, 3.05) is 26.2 Å². The van der Waals surface area contributed by atoms with Gasteiger partial charge in [-0.15, -0.1) is 0 Å². The van der Waals surface area contributed by atoms with E-state index in [0.717, 1.165) is 33.6 Å². The van der Waals surface area contributed by atoms with Crippen molar-refractivity contribution in [3.63, 3.8) is 0 Å². The first-order valence-electron chi connectivity index (χ1n) is 15.4. The Balaban J connectivity index is 1.14. The molecule has 0 N–H and O–H groups in total. The van der Waals surface area contributed by atoms with Crippen molar-refractivity contribution < 1.29 is 14.3 Å². The second-order valence-electron chi connectivity index (χ2n) is 12.3. The SMILES string of the molecule is CC(C)(C)OC(=O)N1CCN(C(=O)c2ccc(Cc3nccc(-c4cn(Cc5ccccc5)nc4-c4cccnc4)n3)cc2)CC1. The van der Waals surface area contributed by atoms with Crippen molar-refractivity contribution in [3.05, 3.63) is 120 Å². The summed E-state index contributed by atoms with van der Waals surface area (Å²) in [5.41, 5.74) is 5.61. The number of benzene rings is 2. The molecule has 2 aromatic carbocycles. The fraction of sp³-hybridized carbons (Fsp3) is 0.278. The van der Waals surface area contributed by atoms with Crippen LogP contribution >= 0.6 is 0 Å². The van der Waals surface area contributed by atoms with E-state index in [1.807, 2.05) is 98.5 Å². The first-order chi connectivity index (χ1) is 22.2. The summed E-state index contributed by atoms with van der Waals surface area (Å²) in [7, 11) is 0. The first kappa shape index (κ1) is 30.6. The molecule has 4 heterocycles. The molecule has 3 aromatic heterocycles.